The van der Waals surface area contributed by atoms with Gasteiger partial charge in [-0.15, -0.1) is 0 Å². The van der Waals surface area contributed by atoms with Gasteiger partial charge in [0.1, 0.15) is 11.5 Å². The van der Waals surface area contributed by atoms with Crippen molar-refractivity contribution in [1.29, 1.82) is 0 Å². The van der Waals surface area contributed by atoms with Crippen molar-refractivity contribution in [3.63, 3.8) is 0 Å². The van der Waals surface area contributed by atoms with E-state index in [0.717, 1.165) is 66.7 Å². The second-order valence-electron chi connectivity index (χ2n) is 9.40. The third kappa shape index (κ3) is 3.59. The normalized spacial score (nSPS) is 17.0. The number of para-hydroxylation sites is 1. The van der Waals surface area contributed by atoms with E-state index < -0.39 is 0 Å². The molecule has 0 saturated carbocycles. The minimum absolute atomic E-state index is 0.182. The lowest BCUT2D eigenvalue weighted by molar-refractivity contribution is 0.0590. The Morgan fingerprint density at radius 2 is 1.76 bits per heavy atom. The fourth-order valence-electron chi connectivity index (χ4n) is 5.44. The van der Waals surface area contributed by atoms with Gasteiger partial charge >= 0.3 is 0 Å². The molecule has 6 heteroatoms. The molecule has 2 aliphatic rings. The Hall–Kier alpha value is -3.51. The van der Waals surface area contributed by atoms with E-state index in [1.807, 2.05) is 37.3 Å². The zero-order chi connectivity index (χ0) is 23.2. The molecule has 172 valence electrons. The number of rotatable bonds is 4. The molecule has 1 aromatic heterocycles. The van der Waals surface area contributed by atoms with Crippen LogP contribution in [0.3, 0.4) is 0 Å². The summed E-state index contributed by atoms with van der Waals surface area (Å²) in [5, 5.41) is 5.66. The van der Waals surface area contributed by atoms with Crippen LogP contribution in [0.2, 0.25) is 0 Å². The van der Waals surface area contributed by atoms with Crippen molar-refractivity contribution in [3.8, 4) is 5.69 Å². The van der Waals surface area contributed by atoms with E-state index in [9.17, 15) is 9.18 Å². The number of aromatic nitrogens is 2. The molecule has 1 amide bonds. The number of carbonyl (C=O) groups excluding carboxylic acids is 1. The topological polar surface area (TPSA) is 41.4 Å². The van der Waals surface area contributed by atoms with Crippen LogP contribution in [0, 0.1) is 12.7 Å². The molecule has 0 bridgehead atoms. The minimum atomic E-state index is -0.279. The van der Waals surface area contributed by atoms with Gasteiger partial charge < -0.3 is 4.90 Å². The lowest BCUT2D eigenvalue weighted by Crippen LogP contribution is -2.44. The number of fused-ring (bicyclic) bond motifs is 2. The van der Waals surface area contributed by atoms with Gasteiger partial charge in [-0.3, -0.25) is 9.69 Å². The number of amides is 1. The molecule has 0 spiro atoms. The molecule has 5 nitrogen and oxygen atoms in total. The molecule has 2 aliphatic heterocycles. The van der Waals surface area contributed by atoms with Gasteiger partial charge in [0.2, 0.25) is 0 Å². The number of hydrogen-bond acceptors (Lipinski definition) is 3. The second kappa shape index (κ2) is 8.37. The molecule has 4 aromatic rings. The fourth-order valence-corrected chi connectivity index (χ4v) is 5.44. The highest BCUT2D eigenvalue weighted by molar-refractivity contribution is 5.98. The summed E-state index contributed by atoms with van der Waals surface area (Å²) in [5.41, 5.74) is 5.52. The zero-order valence-corrected chi connectivity index (χ0v) is 19.2. The molecule has 34 heavy (non-hydrogen) atoms. The minimum Gasteiger partial charge on any atom is -0.331 e. The van der Waals surface area contributed by atoms with Crippen molar-refractivity contribution in [2.45, 2.75) is 38.9 Å². The summed E-state index contributed by atoms with van der Waals surface area (Å²) in [5.74, 6) is -0.0970. The maximum Gasteiger partial charge on any atom is 0.254 e. The van der Waals surface area contributed by atoms with Gasteiger partial charge in [0.25, 0.3) is 5.91 Å². The fraction of sp³-hybridized carbons (Fsp3) is 0.286. The van der Waals surface area contributed by atoms with Crippen LogP contribution in [-0.2, 0) is 13.1 Å². The number of aryl methyl sites for hydroxylation is 1. The lowest BCUT2D eigenvalue weighted by atomic mass is 10.0. The molecule has 0 atom stereocenters. The average Bonchev–Trinajstić information content (AvgIpc) is 3.37. The zero-order valence-electron chi connectivity index (χ0n) is 19.2. The van der Waals surface area contributed by atoms with Crippen molar-refractivity contribution < 1.29 is 9.18 Å². The molecule has 0 radical (unpaired) electrons. The van der Waals surface area contributed by atoms with E-state index in [-0.39, 0.29) is 11.7 Å². The van der Waals surface area contributed by atoms with Crippen molar-refractivity contribution in [2.24, 2.45) is 0 Å². The quantitative estimate of drug-likeness (QED) is 0.431. The van der Waals surface area contributed by atoms with Gasteiger partial charge in [-0.25, -0.2) is 9.07 Å². The number of halogens is 1. The molecule has 0 aliphatic carbocycles. The van der Waals surface area contributed by atoms with Crippen LogP contribution < -0.4 is 0 Å². The van der Waals surface area contributed by atoms with Gasteiger partial charge in [-0.05, 0) is 61.2 Å². The van der Waals surface area contributed by atoms with Gasteiger partial charge in [-0.2, -0.15) is 5.10 Å². The monoisotopic (exact) mass is 454 g/mol. The number of nitrogens with zero attached hydrogens (tertiary/aromatic N) is 4. The van der Waals surface area contributed by atoms with Crippen LogP contribution in [-0.4, -0.2) is 44.6 Å². The molecule has 3 aromatic carbocycles. The first-order valence-corrected chi connectivity index (χ1v) is 11.9. The third-order valence-electron chi connectivity index (χ3n) is 7.26. The SMILES string of the molecule is Cc1nn(-c2ccccc2F)c2ccc(CN3CCC(N4Cc5ccccc5C4=O)CC3)cc12. The number of benzene rings is 3. The maximum atomic E-state index is 14.4. The third-order valence-corrected chi connectivity index (χ3v) is 7.26. The van der Waals surface area contributed by atoms with Gasteiger partial charge in [0, 0.05) is 43.2 Å². The van der Waals surface area contributed by atoms with Crippen molar-refractivity contribution >= 4 is 16.8 Å². The maximum absolute atomic E-state index is 14.4. The predicted octanol–water partition coefficient (Wildman–Crippen LogP) is 5.09. The van der Waals surface area contributed by atoms with Crippen LogP contribution in [0.15, 0.2) is 66.7 Å². The van der Waals surface area contributed by atoms with Crippen molar-refractivity contribution in [2.75, 3.05) is 13.1 Å². The number of piperidine rings is 1. The average molecular weight is 455 g/mol. The van der Waals surface area contributed by atoms with E-state index in [1.165, 1.54) is 11.6 Å². The number of carbonyl (C=O) groups is 1. The molecule has 3 heterocycles. The van der Waals surface area contributed by atoms with Crippen molar-refractivity contribution in [1.82, 2.24) is 19.6 Å². The van der Waals surface area contributed by atoms with E-state index in [1.54, 1.807) is 16.8 Å². The Morgan fingerprint density at radius 1 is 1.00 bits per heavy atom. The Morgan fingerprint density at radius 3 is 2.56 bits per heavy atom. The van der Waals surface area contributed by atoms with Gasteiger partial charge in [0.05, 0.1) is 11.2 Å². The smallest absolute Gasteiger partial charge is 0.254 e. The van der Waals surface area contributed by atoms with E-state index >= 15 is 0 Å². The molecular formula is C28H27FN4O. The highest BCUT2D eigenvalue weighted by Crippen LogP contribution is 2.29. The van der Waals surface area contributed by atoms with Gasteiger partial charge in [0.15, 0.2) is 0 Å². The Bertz CT molecular complexity index is 1390. The summed E-state index contributed by atoms with van der Waals surface area (Å²) >= 11 is 0. The molecule has 6 rings (SSSR count). The molecule has 1 saturated heterocycles. The Labute approximate surface area is 198 Å². The first-order valence-electron chi connectivity index (χ1n) is 11.9. The van der Waals surface area contributed by atoms with E-state index in [4.69, 9.17) is 0 Å². The summed E-state index contributed by atoms with van der Waals surface area (Å²) in [7, 11) is 0. The largest absolute Gasteiger partial charge is 0.331 e. The number of likely N-dealkylation sites (tertiary alicyclic amines) is 1. The number of hydrogen-bond donors (Lipinski definition) is 0. The Kier molecular flexibility index (Phi) is 5.18. The van der Waals surface area contributed by atoms with Crippen LogP contribution in [0.5, 0.6) is 0 Å². The molecular weight excluding hydrogens is 427 g/mol. The van der Waals surface area contributed by atoms with Gasteiger partial charge in [-0.1, -0.05) is 36.4 Å². The lowest BCUT2D eigenvalue weighted by Gasteiger charge is -2.36. The Balaban J connectivity index is 1.15. The first kappa shape index (κ1) is 21.1. The van der Waals surface area contributed by atoms with Crippen LogP contribution >= 0.6 is 0 Å². The summed E-state index contributed by atoms with van der Waals surface area (Å²) < 4.78 is 16.0. The first-order chi connectivity index (χ1) is 16.6. The molecule has 0 unspecified atom stereocenters. The molecule has 1 fully saturated rings. The second-order valence-corrected chi connectivity index (χ2v) is 9.40. The predicted molar refractivity (Wildman–Crippen MR) is 130 cm³/mol. The molecule has 0 N–H and O–H groups in total. The van der Waals surface area contributed by atoms with E-state index in [0.29, 0.717) is 11.7 Å². The van der Waals surface area contributed by atoms with Crippen molar-refractivity contribution in [3.05, 3.63) is 94.9 Å². The highest BCUT2D eigenvalue weighted by atomic mass is 19.1. The van der Waals surface area contributed by atoms with Crippen LogP contribution in [0.1, 0.15) is 40.0 Å². The summed E-state index contributed by atoms with van der Waals surface area (Å²) in [6, 6.07) is 21.4. The van der Waals surface area contributed by atoms with Crippen LogP contribution in [0.4, 0.5) is 4.39 Å². The van der Waals surface area contributed by atoms with E-state index in [2.05, 4.69) is 33.1 Å². The summed E-state index contributed by atoms with van der Waals surface area (Å²) in [4.78, 5) is 17.4. The van der Waals surface area contributed by atoms with Crippen LogP contribution in [0.25, 0.3) is 16.6 Å². The highest BCUT2D eigenvalue weighted by Gasteiger charge is 2.34. The summed E-state index contributed by atoms with van der Waals surface area (Å²) in [6.45, 7) is 5.51. The standard InChI is InChI=1S/C28H27FN4O/c1-19-24-16-20(10-11-26(24)33(30-19)27-9-5-4-8-25(27)29)17-31-14-12-22(13-15-31)32-18-21-6-2-3-7-23(21)28(32)34/h2-11,16,22H,12-15,17-18H2,1H3. The summed E-state index contributed by atoms with van der Waals surface area (Å²) in [6.07, 6.45) is 1.98.